The van der Waals surface area contributed by atoms with Crippen LogP contribution in [-0.4, -0.2) is 25.4 Å². The van der Waals surface area contributed by atoms with E-state index in [4.69, 9.17) is 25.6 Å². The second-order valence-electron chi connectivity index (χ2n) is 5.27. The van der Waals surface area contributed by atoms with Crippen LogP contribution in [0, 0.1) is 5.41 Å². The van der Waals surface area contributed by atoms with Gasteiger partial charge in [-0.05, 0) is 36.1 Å². The highest BCUT2D eigenvalue weighted by atomic mass is 32.9. The number of rotatable bonds is 3. The van der Waals surface area contributed by atoms with Gasteiger partial charge < -0.3 is 13.8 Å². The minimum atomic E-state index is -2.56. The molecule has 1 saturated heterocycles. The number of hydrogen-bond donors (Lipinski definition) is 0. The fraction of sp³-hybridized carbons (Fsp3) is 0.462. The molecule has 0 amide bonds. The molecular formula is C13H17O4PS2. The van der Waals surface area contributed by atoms with Crippen molar-refractivity contribution < 1.29 is 18.6 Å². The molecular weight excluding hydrogens is 315 g/mol. The van der Waals surface area contributed by atoms with Gasteiger partial charge in [-0.1, -0.05) is 13.8 Å². The van der Waals surface area contributed by atoms with Gasteiger partial charge in [0.1, 0.15) is 5.75 Å². The van der Waals surface area contributed by atoms with Gasteiger partial charge in [0, 0.05) is 22.4 Å². The first-order valence-corrected chi connectivity index (χ1v) is 10.2. The summed E-state index contributed by atoms with van der Waals surface area (Å²) in [7, 11) is 1.58. The largest absolute Gasteiger partial charge is 0.497 e. The molecule has 0 spiro atoms. The van der Waals surface area contributed by atoms with E-state index in [0.717, 1.165) is 11.4 Å². The van der Waals surface area contributed by atoms with Gasteiger partial charge in [0.2, 0.25) is 5.12 Å². The molecule has 20 heavy (non-hydrogen) atoms. The Hall–Kier alpha value is -0.390. The summed E-state index contributed by atoms with van der Waals surface area (Å²) in [5.74, 6) is 0.710. The Balaban J connectivity index is 2.02. The van der Waals surface area contributed by atoms with Crippen LogP contribution in [0.5, 0.6) is 5.75 Å². The zero-order chi connectivity index (χ0) is 14.8. The van der Waals surface area contributed by atoms with Gasteiger partial charge in [-0.2, -0.15) is 0 Å². The zero-order valence-electron chi connectivity index (χ0n) is 11.6. The lowest BCUT2D eigenvalue weighted by molar-refractivity contribution is 0.0671. The molecule has 7 heteroatoms. The average molecular weight is 332 g/mol. The van der Waals surface area contributed by atoms with Crippen molar-refractivity contribution in [3.05, 3.63) is 29.8 Å². The molecule has 0 aromatic heterocycles. The third-order valence-electron chi connectivity index (χ3n) is 2.75. The summed E-state index contributed by atoms with van der Waals surface area (Å²) >= 11 is 6.36. The molecule has 1 fully saturated rings. The van der Waals surface area contributed by atoms with Crippen molar-refractivity contribution in [1.29, 1.82) is 0 Å². The summed E-state index contributed by atoms with van der Waals surface area (Å²) in [5, 5.41) is -0.129. The van der Waals surface area contributed by atoms with Gasteiger partial charge in [-0.3, -0.25) is 4.79 Å². The molecule has 1 heterocycles. The first kappa shape index (κ1) is 16.0. The quantitative estimate of drug-likeness (QED) is 0.783. The van der Waals surface area contributed by atoms with Crippen molar-refractivity contribution in [3.8, 4) is 5.75 Å². The van der Waals surface area contributed by atoms with Gasteiger partial charge in [-0.25, -0.2) is 0 Å². The molecule has 110 valence electrons. The van der Waals surface area contributed by atoms with E-state index in [1.54, 1.807) is 31.4 Å². The van der Waals surface area contributed by atoms with E-state index in [1.807, 2.05) is 13.8 Å². The van der Waals surface area contributed by atoms with Crippen LogP contribution in [0.2, 0.25) is 0 Å². The van der Waals surface area contributed by atoms with E-state index in [2.05, 4.69) is 0 Å². The Kier molecular flexibility index (Phi) is 4.92. The highest BCUT2D eigenvalue weighted by Crippen LogP contribution is 2.65. The van der Waals surface area contributed by atoms with Gasteiger partial charge in [0.25, 0.3) is 5.69 Å². The molecule has 0 saturated carbocycles. The predicted molar refractivity (Wildman–Crippen MR) is 84.9 cm³/mol. The Labute approximate surface area is 128 Å². The van der Waals surface area contributed by atoms with Crippen molar-refractivity contribution >= 4 is 34.0 Å². The van der Waals surface area contributed by atoms with Gasteiger partial charge >= 0.3 is 0 Å². The SMILES string of the molecule is COc1ccc(C(=O)SP2(=S)OCC(C)(C)CO2)cc1. The van der Waals surface area contributed by atoms with Crippen molar-refractivity contribution in [2.75, 3.05) is 20.3 Å². The summed E-state index contributed by atoms with van der Waals surface area (Å²) in [5.41, 5.74) is -2.05. The molecule has 1 aliphatic rings. The molecule has 1 aliphatic heterocycles. The molecule has 0 aliphatic carbocycles. The summed E-state index contributed by atoms with van der Waals surface area (Å²) < 4.78 is 16.3. The van der Waals surface area contributed by atoms with Gasteiger partial charge in [0.15, 0.2) is 0 Å². The average Bonchev–Trinajstić information content (AvgIpc) is 2.43. The maximum atomic E-state index is 12.2. The van der Waals surface area contributed by atoms with Crippen LogP contribution in [0.15, 0.2) is 24.3 Å². The lowest BCUT2D eigenvalue weighted by Crippen LogP contribution is -2.28. The van der Waals surface area contributed by atoms with Crippen LogP contribution in [0.25, 0.3) is 0 Å². The summed E-state index contributed by atoms with van der Waals surface area (Å²) in [6, 6.07) is 6.91. The highest BCUT2D eigenvalue weighted by molar-refractivity contribution is 8.73. The zero-order valence-corrected chi connectivity index (χ0v) is 14.1. The first-order chi connectivity index (χ1) is 9.34. The van der Waals surface area contributed by atoms with Crippen molar-refractivity contribution in [1.82, 2.24) is 0 Å². The van der Waals surface area contributed by atoms with E-state index in [0.29, 0.717) is 24.5 Å². The van der Waals surface area contributed by atoms with E-state index in [1.165, 1.54) is 0 Å². The lowest BCUT2D eigenvalue weighted by atomic mass is 9.97. The number of carbonyl (C=O) groups excluding carboxylic acids is 1. The maximum Gasteiger partial charge on any atom is 0.255 e. The minimum Gasteiger partial charge on any atom is -0.497 e. The number of carbonyl (C=O) groups is 1. The van der Waals surface area contributed by atoms with Gasteiger partial charge in [-0.15, -0.1) is 0 Å². The molecule has 1 aromatic carbocycles. The van der Waals surface area contributed by atoms with Gasteiger partial charge in [0.05, 0.1) is 20.3 Å². The number of methoxy groups -OCH3 is 1. The second-order valence-corrected chi connectivity index (χ2v) is 11.4. The Morgan fingerprint density at radius 2 is 1.85 bits per heavy atom. The van der Waals surface area contributed by atoms with Crippen molar-refractivity contribution in [2.24, 2.45) is 5.41 Å². The number of hydrogen-bond acceptors (Lipinski definition) is 6. The second kappa shape index (κ2) is 6.16. The maximum absolute atomic E-state index is 12.2. The third kappa shape index (κ3) is 4.06. The number of benzene rings is 1. The van der Waals surface area contributed by atoms with Crippen LogP contribution in [-0.2, 0) is 20.9 Å². The molecule has 2 rings (SSSR count). The van der Waals surface area contributed by atoms with E-state index in [-0.39, 0.29) is 10.5 Å². The lowest BCUT2D eigenvalue weighted by Gasteiger charge is -2.35. The van der Waals surface area contributed by atoms with E-state index >= 15 is 0 Å². The monoisotopic (exact) mass is 332 g/mol. The predicted octanol–water partition coefficient (Wildman–Crippen LogP) is 3.87. The van der Waals surface area contributed by atoms with E-state index in [9.17, 15) is 4.79 Å². The molecule has 1 aromatic rings. The van der Waals surface area contributed by atoms with Crippen LogP contribution in [0.3, 0.4) is 0 Å². The van der Waals surface area contributed by atoms with Crippen LogP contribution >= 0.6 is 17.1 Å². The van der Waals surface area contributed by atoms with Crippen LogP contribution < -0.4 is 4.74 Å². The number of ether oxygens (including phenoxy) is 1. The summed E-state index contributed by atoms with van der Waals surface area (Å²) in [6.07, 6.45) is 0. The van der Waals surface area contributed by atoms with E-state index < -0.39 is 5.69 Å². The Bertz CT molecular complexity index is 528. The molecule has 0 N–H and O–H groups in total. The molecule has 0 atom stereocenters. The summed E-state index contributed by atoms with van der Waals surface area (Å²) in [4.78, 5) is 12.2. The minimum absolute atomic E-state index is 0.0496. The molecule has 0 unspecified atom stereocenters. The molecule has 0 bridgehead atoms. The fourth-order valence-electron chi connectivity index (χ4n) is 1.52. The third-order valence-corrected chi connectivity index (χ3v) is 7.37. The fourth-order valence-corrected chi connectivity index (χ4v) is 5.64. The van der Waals surface area contributed by atoms with Crippen LogP contribution in [0.4, 0.5) is 0 Å². The van der Waals surface area contributed by atoms with Crippen molar-refractivity contribution in [2.45, 2.75) is 13.8 Å². The normalized spacial score (nSPS) is 20.4. The first-order valence-electron chi connectivity index (χ1n) is 6.11. The Morgan fingerprint density at radius 3 is 2.35 bits per heavy atom. The van der Waals surface area contributed by atoms with Crippen molar-refractivity contribution in [3.63, 3.8) is 0 Å². The summed E-state index contributed by atoms with van der Waals surface area (Å²) in [6.45, 7) is 5.13. The smallest absolute Gasteiger partial charge is 0.255 e. The Morgan fingerprint density at radius 1 is 1.30 bits per heavy atom. The standard InChI is InChI=1S/C13H17O4PS2/c1-13(2)8-16-18(19,17-9-13)20-12(14)10-4-6-11(15-3)7-5-10/h4-7H,8-9H2,1-3H3. The van der Waals surface area contributed by atoms with Crippen LogP contribution in [0.1, 0.15) is 24.2 Å². The topological polar surface area (TPSA) is 44.8 Å². The highest BCUT2D eigenvalue weighted by Gasteiger charge is 2.35. The molecule has 0 radical (unpaired) electrons. The molecule has 4 nitrogen and oxygen atoms in total.